The maximum Gasteiger partial charge on any atom is 0.201 e. The molecule has 12 heavy (non-hydrogen) atoms. The molecule has 1 aromatic rings. The summed E-state index contributed by atoms with van der Waals surface area (Å²) in [6.07, 6.45) is 6.55. The van der Waals surface area contributed by atoms with Crippen molar-refractivity contribution in [3.05, 3.63) is 30.4 Å². The van der Waals surface area contributed by atoms with Crippen molar-refractivity contribution in [1.82, 2.24) is 9.97 Å². The standard InChI is InChI=1S/C8H10N2O2/c11-6-2-1-3-7(12)8-9-4-5-10-8/h1-2,4-5,11H,3,6H2,(H,9,10). The van der Waals surface area contributed by atoms with Gasteiger partial charge in [0, 0.05) is 18.8 Å². The van der Waals surface area contributed by atoms with Gasteiger partial charge in [-0.05, 0) is 0 Å². The molecule has 0 saturated heterocycles. The fraction of sp³-hybridized carbons (Fsp3) is 0.250. The van der Waals surface area contributed by atoms with Crippen molar-refractivity contribution in [3.63, 3.8) is 0 Å². The lowest BCUT2D eigenvalue weighted by atomic mass is 10.2. The van der Waals surface area contributed by atoms with Crippen molar-refractivity contribution in [3.8, 4) is 0 Å². The Hall–Kier alpha value is -1.42. The van der Waals surface area contributed by atoms with Crippen molar-refractivity contribution in [1.29, 1.82) is 0 Å². The van der Waals surface area contributed by atoms with Crippen LogP contribution in [0.1, 0.15) is 17.0 Å². The molecule has 1 heterocycles. The molecule has 0 aliphatic carbocycles. The molecule has 0 bridgehead atoms. The molecular formula is C8H10N2O2. The zero-order chi connectivity index (χ0) is 8.81. The van der Waals surface area contributed by atoms with Crippen LogP contribution in [0.2, 0.25) is 0 Å². The molecule has 64 valence electrons. The minimum absolute atomic E-state index is 0.0363. The summed E-state index contributed by atoms with van der Waals surface area (Å²) < 4.78 is 0. The van der Waals surface area contributed by atoms with Gasteiger partial charge in [-0.3, -0.25) is 4.79 Å². The number of rotatable bonds is 4. The third-order valence-corrected chi connectivity index (χ3v) is 1.34. The van der Waals surface area contributed by atoms with Crippen LogP contribution in [0.25, 0.3) is 0 Å². The van der Waals surface area contributed by atoms with Gasteiger partial charge in [0.15, 0.2) is 5.82 Å². The molecule has 0 saturated carbocycles. The van der Waals surface area contributed by atoms with Crippen LogP contribution < -0.4 is 0 Å². The van der Waals surface area contributed by atoms with Crippen LogP contribution in [0.15, 0.2) is 24.5 Å². The molecule has 4 heteroatoms. The molecule has 2 N–H and O–H groups in total. The Bertz CT molecular complexity index is 265. The minimum Gasteiger partial charge on any atom is -0.392 e. The summed E-state index contributed by atoms with van der Waals surface area (Å²) in [5.41, 5.74) is 0. The number of nitrogens with zero attached hydrogens (tertiary/aromatic N) is 1. The van der Waals surface area contributed by atoms with Gasteiger partial charge in [0.25, 0.3) is 0 Å². The second-order valence-corrected chi connectivity index (χ2v) is 2.22. The van der Waals surface area contributed by atoms with Gasteiger partial charge in [-0.15, -0.1) is 0 Å². The van der Waals surface area contributed by atoms with Crippen LogP contribution in [0, 0.1) is 0 Å². The maximum absolute atomic E-state index is 11.2. The summed E-state index contributed by atoms with van der Waals surface area (Å²) in [5, 5.41) is 8.39. The first-order chi connectivity index (χ1) is 5.84. The van der Waals surface area contributed by atoms with Crippen molar-refractivity contribution in [2.24, 2.45) is 0 Å². The number of Topliss-reactive ketones (excluding diaryl/α,β-unsaturated/α-hetero) is 1. The molecule has 0 amide bonds. The zero-order valence-electron chi connectivity index (χ0n) is 6.53. The van der Waals surface area contributed by atoms with Gasteiger partial charge in [-0.2, -0.15) is 0 Å². The fourth-order valence-corrected chi connectivity index (χ4v) is 0.779. The Balaban J connectivity index is 2.45. The smallest absolute Gasteiger partial charge is 0.201 e. The first kappa shape index (κ1) is 8.67. The number of imidazole rings is 1. The Morgan fingerprint density at radius 2 is 2.50 bits per heavy atom. The predicted molar refractivity (Wildman–Crippen MR) is 43.8 cm³/mol. The van der Waals surface area contributed by atoms with Gasteiger partial charge < -0.3 is 10.1 Å². The van der Waals surface area contributed by atoms with Crippen molar-refractivity contribution in [2.75, 3.05) is 6.61 Å². The van der Waals surface area contributed by atoms with Crippen LogP contribution in [-0.4, -0.2) is 27.5 Å². The van der Waals surface area contributed by atoms with Gasteiger partial charge >= 0.3 is 0 Å². The summed E-state index contributed by atoms with van der Waals surface area (Å²) in [6.45, 7) is -0.0363. The second kappa shape index (κ2) is 4.46. The second-order valence-electron chi connectivity index (χ2n) is 2.22. The fourth-order valence-electron chi connectivity index (χ4n) is 0.779. The Labute approximate surface area is 70.0 Å². The summed E-state index contributed by atoms with van der Waals surface area (Å²) in [6, 6.07) is 0. The Morgan fingerprint density at radius 3 is 3.08 bits per heavy atom. The number of hydrogen-bond donors (Lipinski definition) is 2. The van der Waals surface area contributed by atoms with Crippen LogP contribution in [-0.2, 0) is 0 Å². The third kappa shape index (κ3) is 2.32. The normalized spacial score (nSPS) is 10.8. The van der Waals surface area contributed by atoms with Crippen molar-refractivity contribution >= 4 is 5.78 Å². The molecule has 1 aromatic heterocycles. The highest BCUT2D eigenvalue weighted by Gasteiger charge is 2.03. The monoisotopic (exact) mass is 166 g/mol. The van der Waals surface area contributed by atoms with Gasteiger partial charge in [0.2, 0.25) is 5.78 Å². The van der Waals surface area contributed by atoms with E-state index in [-0.39, 0.29) is 18.8 Å². The van der Waals surface area contributed by atoms with E-state index in [9.17, 15) is 4.79 Å². The number of aliphatic hydroxyl groups excluding tert-OH is 1. The molecule has 4 nitrogen and oxygen atoms in total. The SMILES string of the molecule is O=C(CC=CCO)c1ncc[nH]1. The highest BCUT2D eigenvalue weighted by Crippen LogP contribution is 1.95. The molecule has 0 atom stereocenters. The predicted octanol–water partition coefficient (Wildman–Crippen LogP) is 0.531. The number of ketones is 1. The van der Waals surface area contributed by atoms with Gasteiger partial charge in [-0.25, -0.2) is 4.98 Å². The van der Waals surface area contributed by atoms with E-state index in [1.165, 1.54) is 12.3 Å². The lowest BCUT2D eigenvalue weighted by Gasteiger charge is -1.89. The van der Waals surface area contributed by atoms with Crippen molar-refractivity contribution in [2.45, 2.75) is 6.42 Å². The molecule has 0 aromatic carbocycles. The minimum atomic E-state index is -0.0790. The summed E-state index contributed by atoms with van der Waals surface area (Å²) >= 11 is 0. The maximum atomic E-state index is 11.2. The Kier molecular flexibility index (Phi) is 3.22. The van der Waals surface area contributed by atoms with E-state index < -0.39 is 0 Å². The largest absolute Gasteiger partial charge is 0.392 e. The third-order valence-electron chi connectivity index (χ3n) is 1.34. The van der Waals surface area contributed by atoms with E-state index in [0.29, 0.717) is 5.82 Å². The molecule has 0 aliphatic heterocycles. The molecule has 0 aliphatic rings. The number of aromatic amines is 1. The number of carbonyl (C=O) groups is 1. The highest BCUT2D eigenvalue weighted by atomic mass is 16.2. The quantitative estimate of drug-likeness (QED) is 0.506. The van der Waals surface area contributed by atoms with E-state index >= 15 is 0 Å². The van der Waals surface area contributed by atoms with E-state index in [0.717, 1.165) is 0 Å². The molecule has 0 fully saturated rings. The number of H-pyrrole nitrogens is 1. The number of allylic oxidation sites excluding steroid dienone is 1. The number of aliphatic hydroxyl groups is 1. The number of hydrogen-bond acceptors (Lipinski definition) is 3. The topological polar surface area (TPSA) is 66.0 Å². The summed E-state index contributed by atoms with van der Waals surface area (Å²) in [7, 11) is 0. The van der Waals surface area contributed by atoms with E-state index in [1.54, 1.807) is 12.3 Å². The molecule has 1 rings (SSSR count). The average Bonchev–Trinajstić information content (AvgIpc) is 2.56. The zero-order valence-corrected chi connectivity index (χ0v) is 6.53. The van der Waals surface area contributed by atoms with Crippen molar-refractivity contribution < 1.29 is 9.90 Å². The molecular weight excluding hydrogens is 156 g/mol. The lowest BCUT2D eigenvalue weighted by molar-refractivity contribution is 0.0987. The first-order valence-electron chi connectivity index (χ1n) is 3.63. The van der Waals surface area contributed by atoms with E-state index in [2.05, 4.69) is 9.97 Å². The van der Waals surface area contributed by atoms with Gasteiger partial charge in [-0.1, -0.05) is 12.2 Å². The summed E-state index contributed by atoms with van der Waals surface area (Å²) in [4.78, 5) is 17.7. The van der Waals surface area contributed by atoms with Crippen LogP contribution >= 0.6 is 0 Å². The number of nitrogens with one attached hydrogen (secondary N) is 1. The number of aromatic nitrogens is 2. The van der Waals surface area contributed by atoms with Crippen LogP contribution in [0.3, 0.4) is 0 Å². The van der Waals surface area contributed by atoms with Crippen LogP contribution in [0.5, 0.6) is 0 Å². The van der Waals surface area contributed by atoms with Gasteiger partial charge in [0.1, 0.15) is 0 Å². The molecule has 0 radical (unpaired) electrons. The lowest BCUT2D eigenvalue weighted by Crippen LogP contribution is -1.99. The highest BCUT2D eigenvalue weighted by molar-refractivity contribution is 5.93. The first-order valence-corrected chi connectivity index (χ1v) is 3.63. The van der Waals surface area contributed by atoms with E-state index in [1.807, 2.05) is 0 Å². The average molecular weight is 166 g/mol. The van der Waals surface area contributed by atoms with Gasteiger partial charge in [0.05, 0.1) is 6.61 Å². The Morgan fingerprint density at radius 1 is 1.67 bits per heavy atom. The molecule has 0 spiro atoms. The van der Waals surface area contributed by atoms with Crippen LogP contribution in [0.4, 0.5) is 0 Å². The van der Waals surface area contributed by atoms with E-state index in [4.69, 9.17) is 5.11 Å². The number of carbonyl (C=O) groups excluding carboxylic acids is 1. The summed E-state index contributed by atoms with van der Waals surface area (Å²) in [5.74, 6) is 0.280. The molecule has 0 unspecified atom stereocenters.